The second-order valence-corrected chi connectivity index (χ2v) is 5.32. The smallest absolute Gasteiger partial charge is 0.260 e. The lowest BCUT2D eigenvalue weighted by molar-refractivity contribution is 0.104. The Morgan fingerprint density at radius 2 is 1.91 bits per heavy atom. The topological polar surface area (TPSA) is 72.1 Å². The first-order valence-electron chi connectivity index (χ1n) is 6.86. The SMILES string of the molecule is COc1ccc2c3c(c(=O)[nH]c2c1)C(=O)c1cnc(C)cc1-3. The maximum atomic E-state index is 12.5. The molecule has 0 atom stereocenters. The number of fused-ring (bicyclic) bond motifs is 5. The van der Waals surface area contributed by atoms with E-state index in [9.17, 15) is 9.59 Å². The van der Waals surface area contributed by atoms with Gasteiger partial charge in [-0.25, -0.2) is 0 Å². The quantitative estimate of drug-likeness (QED) is 0.585. The highest BCUT2D eigenvalue weighted by Gasteiger charge is 2.31. The van der Waals surface area contributed by atoms with Gasteiger partial charge in [0.15, 0.2) is 0 Å². The van der Waals surface area contributed by atoms with Gasteiger partial charge in [-0.2, -0.15) is 0 Å². The molecule has 0 saturated carbocycles. The van der Waals surface area contributed by atoms with Crippen LogP contribution in [-0.4, -0.2) is 22.9 Å². The van der Waals surface area contributed by atoms with Gasteiger partial charge >= 0.3 is 0 Å². The van der Waals surface area contributed by atoms with Gasteiger partial charge in [-0.15, -0.1) is 0 Å². The van der Waals surface area contributed by atoms with Crippen molar-refractivity contribution in [2.75, 3.05) is 7.11 Å². The number of methoxy groups -OCH3 is 1. The summed E-state index contributed by atoms with van der Waals surface area (Å²) in [4.78, 5) is 31.8. The number of hydrogen-bond donors (Lipinski definition) is 1. The number of rotatable bonds is 1. The van der Waals surface area contributed by atoms with Crippen LogP contribution in [0.25, 0.3) is 22.0 Å². The Morgan fingerprint density at radius 3 is 2.68 bits per heavy atom. The van der Waals surface area contributed by atoms with Gasteiger partial charge in [0, 0.05) is 34.5 Å². The molecule has 1 N–H and O–H groups in total. The van der Waals surface area contributed by atoms with E-state index in [0.29, 0.717) is 22.4 Å². The van der Waals surface area contributed by atoms with Crippen LogP contribution in [0.2, 0.25) is 0 Å². The molecule has 0 unspecified atom stereocenters. The molecule has 0 radical (unpaired) electrons. The van der Waals surface area contributed by atoms with Crippen LogP contribution in [0, 0.1) is 6.92 Å². The Hall–Kier alpha value is -2.95. The molecule has 3 aromatic rings. The fourth-order valence-electron chi connectivity index (χ4n) is 2.98. The lowest BCUT2D eigenvalue weighted by atomic mass is 10.0. The Morgan fingerprint density at radius 1 is 1.09 bits per heavy atom. The van der Waals surface area contributed by atoms with Crippen LogP contribution in [0.15, 0.2) is 35.3 Å². The molecule has 108 valence electrons. The van der Waals surface area contributed by atoms with E-state index in [1.54, 1.807) is 19.4 Å². The van der Waals surface area contributed by atoms with Crippen LogP contribution >= 0.6 is 0 Å². The van der Waals surface area contributed by atoms with E-state index in [1.807, 2.05) is 25.1 Å². The van der Waals surface area contributed by atoms with Gasteiger partial charge in [0.1, 0.15) is 5.75 Å². The number of aryl methyl sites for hydroxylation is 1. The highest BCUT2D eigenvalue weighted by Crippen LogP contribution is 2.39. The summed E-state index contributed by atoms with van der Waals surface area (Å²) < 4.78 is 5.19. The third kappa shape index (κ3) is 1.56. The molecule has 5 heteroatoms. The summed E-state index contributed by atoms with van der Waals surface area (Å²) in [6.45, 7) is 1.86. The Bertz CT molecular complexity index is 1020. The average molecular weight is 292 g/mol. The third-order valence-corrected chi connectivity index (χ3v) is 4.00. The molecule has 0 bridgehead atoms. The van der Waals surface area contributed by atoms with Crippen LogP contribution in [0.3, 0.4) is 0 Å². The fourth-order valence-corrected chi connectivity index (χ4v) is 2.98. The third-order valence-electron chi connectivity index (χ3n) is 4.00. The molecule has 0 fully saturated rings. The molecule has 0 amide bonds. The number of hydrogen-bond acceptors (Lipinski definition) is 4. The highest BCUT2D eigenvalue weighted by atomic mass is 16.5. The van der Waals surface area contributed by atoms with Gasteiger partial charge < -0.3 is 9.72 Å². The maximum Gasteiger partial charge on any atom is 0.260 e. The fraction of sp³-hybridized carbons (Fsp3) is 0.118. The molecule has 0 spiro atoms. The molecule has 1 aliphatic rings. The maximum absolute atomic E-state index is 12.5. The molecular weight excluding hydrogens is 280 g/mol. The summed E-state index contributed by atoms with van der Waals surface area (Å²) in [5, 5.41) is 0.827. The molecule has 22 heavy (non-hydrogen) atoms. The van der Waals surface area contributed by atoms with Crippen molar-refractivity contribution in [3.63, 3.8) is 0 Å². The van der Waals surface area contributed by atoms with E-state index >= 15 is 0 Å². The van der Waals surface area contributed by atoms with E-state index in [1.165, 1.54) is 0 Å². The first kappa shape index (κ1) is 12.8. The summed E-state index contributed by atoms with van der Waals surface area (Å²) in [7, 11) is 1.57. The molecule has 1 aromatic carbocycles. The Kier molecular flexibility index (Phi) is 2.48. The molecule has 0 saturated heterocycles. The van der Waals surface area contributed by atoms with E-state index in [-0.39, 0.29) is 16.9 Å². The van der Waals surface area contributed by atoms with Gasteiger partial charge in [-0.05, 0) is 30.7 Å². The van der Waals surface area contributed by atoms with Crippen molar-refractivity contribution in [2.24, 2.45) is 0 Å². The first-order valence-corrected chi connectivity index (χ1v) is 6.86. The lowest BCUT2D eigenvalue weighted by Crippen LogP contribution is -2.16. The zero-order valence-corrected chi connectivity index (χ0v) is 12.1. The number of nitrogens with zero attached hydrogens (tertiary/aromatic N) is 1. The van der Waals surface area contributed by atoms with Crippen LogP contribution in [-0.2, 0) is 0 Å². The number of ketones is 1. The van der Waals surface area contributed by atoms with E-state index < -0.39 is 0 Å². The largest absolute Gasteiger partial charge is 0.497 e. The van der Waals surface area contributed by atoms with Crippen LogP contribution in [0.5, 0.6) is 5.75 Å². The summed E-state index contributed by atoms with van der Waals surface area (Å²) in [6, 6.07) is 7.29. The number of benzene rings is 1. The lowest BCUT2D eigenvalue weighted by Gasteiger charge is -2.07. The summed E-state index contributed by atoms with van der Waals surface area (Å²) in [5.74, 6) is 0.384. The summed E-state index contributed by atoms with van der Waals surface area (Å²) in [6.07, 6.45) is 1.54. The Labute approximate surface area is 125 Å². The van der Waals surface area contributed by atoms with Crippen molar-refractivity contribution in [1.82, 2.24) is 9.97 Å². The molecular formula is C17H12N2O3. The number of pyridine rings is 2. The number of aromatic amines is 1. The number of nitrogens with one attached hydrogen (secondary N) is 1. The highest BCUT2D eigenvalue weighted by molar-refractivity contribution is 6.25. The second-order valence-electron chi connectivity index (χ2n) is 5.32. The van der Waals surface area contributed by atoms with Crippen molar-refractivity contribution in [3.05, 3.63) is 57.6 Å². The van der Waals surface area contributed by atoms with Crippen LogP contribution < -0.4 is 10.3 Å². The van der Waals surface area contributed by atoms with E-state index in [2.05, 4.69) is 9.97 Å². The molecule has 2 aromatic heterocycles. The second kappa shape index (κ2) is 4.27. The minimum absolute atomic E-state index is 0.195. The first-order chi connectivity index (χ1) is 10.6. The normalized spacial score (nSPS) is 12.4. The van der Waals surface area contributed by atoms with Gasteiger partial charge in [0.25, 0.3) is 5.56 Å². The summed E-state index contributed by atoms with van der Waals surface area (Å²) >= 11 is 0. The average Bonchev–Trinajstić information content (AvgIpc) is 2.80. The minimum atomic E-state index is -0.380. The monoisotopic (exact) mass is 292 g/mol. The Balaban J connectivity index is 2.18. The molecule has 5 nitrogen and oxygen atoms in total. The van der Waals surface area contributed by atoms with Crippen molar-refractivity contribution in [1.29, 1.82) is 0 Å². The van der Waals surface area contributed by atoms with Crippen LogP contribution in [0.4, 0.5) is 0 Å². The number of carbonyl (C=O) groups is 1. The predicted octanol–water partition coefficient (Wildman–Crippen LogP) is 2.45. The van der Waals surface area contributed by atoms with Gasteiger partial charge in [-0.3, -0.25) is 14.6 Å². The van der Waals surface area contributed by atoms with Crippen molar-refractivity contribution in [3.8, 4) is 16.9 Å². The van der Waals surface area contributed by atoms with Gasteiger partial charge in [0.05, 0.1) is 18.2 Å². The van der Waals surface area contributed by atoms with Crippen LogP contribution in [0.1, 0.15) is 21.6 Å². The number of H-pyrrole nitrogens is 1. The summed E-state index contributed by atoms with van der Waals surface area (Å²) in [5.41, 5.74) is 3.21. The zero-order valence-electron chi connectivity index (χ0n) is 12.1. The van der Waals surface area contributed by atoms with Gasteiger partial charge in [0.2, 0.25) is 5.78 Å². The number of aromatic nitrogens is 2. The van der Waals surface area contributed by atoms with Gasteiger partial charge in [-0.1, -0.05) is 0 Å². The number of ether oxygens (including phenoxy) is 1. The van der Waals surface area contributed by atoms with Crippen molar-refractivity contribution >= 4 is 16.7 Å². The standard InChI is InChI=1S/C17H12N2O3/c1-8-5-11-12(7-18-8)16(20)15-14(11)10-4-3-9(22-2)6-13(10)19-17(15)21/h3-7H,1-2H3,(H,19,21). The van der Waals surface area contributed by atoms with E-state index in [4.69, 9.17) is 4.74 Å². The zero-order chi connectivity index (χ0) is 15.4. The molecule has 4 rings (SSSR count). The molecule has 0 aliphatic heterocycles. The van der Waals surface area contributed by atoms with Crippen molar-refractivity contribution in [2.45, 2.75) is 6.92 Å². The van der Waals surface area contributed by atoms with Crippen molar-refractivity contribution < 1.29 is 9.53 Å². The number of carbonyl (C=O) groups excluding carboxylic acids is 1. The molecule has 1 aliphatic carbocycles. The minimum Gasteiger partial charge on any atom is -0.497 e. The molecule has 2 heterocycles. The van der Waals surface area contributed by atoms with E-state index in [0.717, 1.165) is 16.6 Å². The predicted molar refractivity (Wildman–Crippen MR) is 82.5 cm³/mol.